The molecule has 0 atom stereocenters. The van der Waals surface area contributed by atoms with Crippen LogP contribution in [0.15, 0.2) is 29.6 Å². The van der Waals surface area contributed by atoms with Crippen molar-refractivity contribution in [1.82, 2.24) is 4.98 Å². The number of alkyl halides is 1. The Morgan fingerprint density at radius 1 is 1.31 bits per heavy atom. The Kier molecular flexibility index (Phi) is 5.06. The third-order valence-corrected chi connectivity index (χ3v) is 3.24. The first-order valence-corrected chi connectivity index (χ1v) is 5.89. The maximum atomic E-state index is 5.70. The predicted octanol–water partition coefficient (Wildman–Crippen LogP) is 0.562. The van der Waals surface area contributed by atoms with Gasteiger partial charge in [0.15, 0.2) is 0 Å². The summed E-state index contributed by atoms with van der Waals surface area (Å²) in [6, 6.07) is 7.85. The molecule has 5 heteroatoms. The minimum Gasteiger partial charge on any atom is -1.00 e. The molecule has 1 aromatic heterocycles. The van der Waals surface area contributed by atoms with Crippen LogP contribution in [0.2, 0.25) is 0 Å². The number of halogens is 2. The lowest BCUT2D eigenvalue weighted by molar-refractivity contribution is -0.00000328. The van der Waals surface area contributed by atoms with Crippen molar-refractivity contribution < 1.29 is 17.1 Å². The van der Waals surface area contributed by atoms with Crippen molar-refractivity contribution in [1.29, 1.82) is 0 Å². The van der Waals surface area contributed by atoms with Crippen LogP contribution >= 0.6 is 22.9 Å². The van der Waals surface area contributed by atoms with E-state index in [1.807, 2.05) is 29.6 Å². The summed E-state index contributed by atoms with van der Waals surface area (Å²) in [6.45, 7) is 0. The van der Waals surface area contributed by atoms with Crippen LogP contribution in [0.1, 0.15) is 5.69 Å². The van der Waals surface area contributed by atoms with Crippen LogP contribution in [0.3, 0.4) is 0 Å². The van der Waals surface area contributed by atoms with E-state index < -0.39 is 0 Å². The summed E-state index contributed by atoms with van der Waals surface area (Å²) in [7, 11) is 1.66. The minimum atomic E-state index is 0. The second-order valence-corrected chi connectivity index (χ2v) is 4.13. The molecule has 0 bridgehead atoms. The van der Waals surface area contributed by atoms with Gasteiger partial charge >= 0.3 is 0 Å². The third kappa shape index (κ3) is 2.88. The monoisotopic (exact) mass is 274 g/mol. The molecule has 16 heavy (non-hydrogen) atoms. The molecule has 0 N–H and O–H groups in total. The smallest absolute Gasteiger partial charge is 0.123 e. The van der Waals surface area contributed by atoms with Crippen molar-refractivity contribution in [2.75, 3.05) is 7.11 Å². The number of thiazole rings is 1. The maximum Gasteiger partial charge on any atom is 0.123 e. The zero-order valence-corrected chi connectivity index (χ0v) is 10.9. The zero-order chi connectivity index (χ0) is 10.7. The molecule has 2 nitrogen and oxygen atoms in total. The van der Waals surface area contributed by atoms with Gasteiger partial charge in [0.05, 0.1) is 18.7 Å². The molecule has 0 aliphatic carbocycles. The van der Waals surface area contributed by atoms with Crippen molar-refractivity contribution in [3.8, 4) is 16.3 Å². The van der Waals surface area contributed by atoms with E-state index in [4.69, 9.17) is 16.3 Å². The standard InChI is InChI=1S/C11H10ClNOS.ClH/c1-14-10-4-2-8(3-5-10)11-13-9(6-12)7-15-11;/h2-5,7H,6H2,1H3;1H/p-1. The normalized spacial score (nSPS) is 9.62. The first-order chi connectivity index (χ1) is 7.33. The maximum absolute atomic E-state index is 5.70. The fraction of sp³-hybridized carbons (Fsp3) is 0.182. The lowest BCUT2D eigenvalue weighted by Gasteiger charge is -1.99. The molecule has 0 amide bonds. The summed E-state index contributed by atoms with van der Waals surface area (Å²) in [5.41, 5.74) is 2.02. The second kappa shape index (κ2) is 6.09. The van der Waals surface area contributed by atoms with E-state index in [0.717, 1.165) is 22.0 Å². The predicted molar refractivity (Wildman–Crippen MR) is 63.7 cm³/mol. The van der Waals surface area contributed by atoms with Gasteiger partial charge in [0.25, 0.3) is 0 Å². The van der Waals surface area contributed by atoms with Crippen LogP contribution in [0, 0.1) is 0 Å². The number of hydrogen-bond donors (Lipinski definition) is 0. The van der Waals surface area contributed by atoms with Crippen LogP contribution < -0.4 is 17.1 Å². The van der Waals surface area contributed by atoms with E-state index in [1.165, 1.54) is 0 Å². The van der Waals surface area contributed by atoms with E-state index >= 15 is 0 Å². The van der Waals surface area contributed by atoms with Crippen molar-refractivity contribution >= 4 is 22.9 Å². The number of benzene rings is 1. The first kappa shape index (κ1) is 13.3. The molecule has 2 aromatic rings. The Balaban J connectivity index is 0.00000128. The number of ether oxygens (including phenoxy) is 1. The van der Waals surface area contributed by atoms with Gasteiger partial charge in [-0.25, -0.2) is 4.98 Å². The second-order valence-electron chi connectivity index (χ2n) is 3.01. The van der Waals surface area contributed by atoms with Crippen molar-refractivity contribution in [2.45, 2.75) is 5.88 Å². The molecule has 86 valence electrons. The lowest BCUT2D eigenvalue weighted by Crippen LogP contribution is -3.00. The van der Waals surface area contributed by atoms with Crippen molar-refractivity contribution in [2.24, 2.45) is 0 Å². The zero-order valence-electron chi connectivity index (χ0n) is 8.61. The first-order valence-electron chi connectivity index (χ1n) is 4.48. The van der Waals surface area contributed by atoms with Crippen molar-refractivity contribution in [3.63, 3.8) is 0 Å². The molecule has 0 aliphatic rings. The minimum absolute atomic E-state index is 0. The van der Waals surface area contributed by atoms with Crippen LogP contribution in [0.25, 0.3) is 10.6 Å². The van der Waals surface area contributed by atoms with E-state index in [9.17, 15) is 0 Å². The van der Waals surface area contributed by atoms with Gasteiger partial charge in [-0.15, -0.1) is 22.9 Å². The Bertz CT molecular complexity index is 442. The molecule has 0 radical (unpaired) electrons. The van der Waals surface area contributed by atoms with E-state index in [2.05, 4.69) is 4.98 Å². The Labute approximate surface area is 110 Å². The summed E-state index contributed by atoms with van der Waals surface area (Å²) >= 11 is 7.30. The molecule has 2 rings (SSSR count). The molecule has 0 fully saturated rings. The van der Waals surface area contributed by atoms with Gasteiger partial charge in [-0.1, -0.05) is 0 Å². The van der Waals surface area contributed by atoms with Crippen molar-refractivity contribution in [3.05, 3.63) is 35.3 Å². The highest BCUT2D eigenvalue weighted by atomic mass is 35.5. The summed E-state index contributed by atoms with van der Waals surface area (Å²) in [6.07, 6.45) is 0. The number of methoxy groups -OCH3 is 1. The molecule has 0 saturated carbocycles. The summed E-state index contributed by atoms with van der Waals surface area (Å²) < 4.78 is 5.09. The topological polar surface area (TPSA) is 22.1 Å². The van der Waals surface area contributed by atoms with E-state index in [0.29, 0.717) is 5.88 Å². The van der Waals surface area contributed by atoms with Crippen LogP contribution in [-0.4, -0.2) is 12.1 Å². The molecule has 0 spiro atoms. The molecule has 0 aliphatic heterocycles. The van der Waals surface area contributed by atoms with Gasteiger partial charge in [-0.2, -0.15) is 0 Å². The summed E-state index contributed by atoms with van der Waals surface area (Å²) in [5, 5.41) is 2.97. The number of hydrogen-bond acceptors (Lipinski definition) is 3. The number of nitrogens with zero attached hydrogens (tertiary/aromatic N) is 1. The van der Waals surface area contributed by atoms with Gasteiger partial charge in [-0.05, 0) is 24.3 Å². The molecule has 0 saturated heterocycles. The third-order valence-electron chi connectivity index (χ3n) is 2.03. The van der Waals surface area contributed by atoms with Gasteiger partial charge in [-0.3, -0.25) is 0 Å². The van der Waals surface area contributed by atoms with Gasteiger partial charge in [0.1, 0.15) is 10.8 Å². The molecular weight excluding hydrogens is 265 g/mol. The highest BCUT2D eigenvalue weighted by Crippen LogP contribution is 2.25. The van der Waals surface area contributed by atoms with E-state index in [1.54, 1.807) is 18.4 Å². The fourth-order valence-electron chi connectivity index (χ4n) is 1.23. The fourth-order valence-corrected chi connectivity index (χ4v) is 2.29. The highest BCUT2D eigenvalue weighted by molar-refractivity contribution is 7.13. The molecule has 1 aromatic carbocycles. The highest BCUT2D eigenvalue weighted by Gasteiger charge is 2.03. The quantitative estimate of drug-likeness (QED) is 0.764. The van der Waals surface area contributed by atoms with E-state index in [-0.39, 0.29) is 12.4 Å². The molecular formula is C11H10Cl2NOS-. The summed E-state index contributed by atoms with van der Waals surface area (Å²) in [4.78, 5) is 4.40. The molecule has 0 unspecified atom stereocenters. The van der Waals surface area contributed by atoms with Gasteiger partial charge < -0.3 is 17.1 Å². The average Bonchev–Trinajstić information content (AvgIpc) is 2.78. The summed E-state index contributed by atoms with van der Waals surface area (Å²) in [5.74, 6) is 1.32. The number of rotatable bonds is 3. The Hall–Kier alpha value is -0.770. The largest absolute Gasteiger partial charge is 1.00 e. The Morgan fingerprint density at radius 3 is 2.50 bits per heavy atom. The lowest BCUT2D eigenvalue weighted by atomic mass is 10.2. The average molecular weight is 275 g/mol. The number of aromatic nitrogens is 1. The van der Waals surface area contributed by atoms with Crippen LogP contribution in [0.5, 0.6) is 5.75 Å². The molecule has 1 heterocycles. The van der Waals surface area contributed by atoms with Crippen LogP contribution in [-0.2, 0) is 5.88 Å². The van der Waals surface area contributed by atoms with Gasteiger partial charge in [0.2, 0.25) is 0 Å². The van der Waals surface area contributed by atoms with Gasteiger partial charge in [0, 0.05) is 10.9 Å². The Morgan fingerprint density at radius 2 is 2.00 bits per heavy atom. The SMILES string of the molecule is COc1ccc(-c2nc(CCl)cs2)cc1.[Cl-]. The van der Waals surface area contributed by atoms with Crippen LogP contribution in [0.4, 0.5) is 0 Å².